The second kappa shape index (κ2) is 11.4. The van der Waals surface area contributed by atoms with Crippen molar-refractivity contribution in [3.63, 3.8) is 0 Å². The van der Waals surface area contributed by atoms with Crippen LogP contribution in [-0.4, -0.2) is 32.3 Å². The first-order valence-electron chi connectivity index (χ1n) is 9.77. The molecule has 0 saturated heterocycles. The van der Waals surface area contributed by atoms with Gasteiger partial charge in [0.25, 0.3) is 5.91 Å². The van der Waals surface area contributed by atoms with Gasteiger partial charge in [-0.05, 0) is 38.1 Å². The molecule has 3 aromatic rings. The molecule has 174 valence electrons. The van der Waals surface area contributed by atoms with E-state index in [0.717, 1.165) is 0 Å². The number of amides is 2. The summed E-state index contributed by atoms with van der Waals surface area (Å²) in [4.78, 5) is 25.0. The third-order valence-electron chi connectivity index (χ3n) is 4.53. The molecular weight excluding hydrogens is 528 g/mol. The van der Waals surface area contributed by atoms with Crippen LogP contribution in [0.5, 0.6) is 0 Å². The standard InChI is InChI=1S/C21H19Cl4N5O2S/c1-3-30-19(11(2)26-20(32)12-6-4-5-7-13(12)22)28-29-21(30)33-10-18(31)27-17-9-15(24)14(23)8-16(17)25/h4-9,11H,3,10H2,1-2H3,(H,26,32)(H,27,31)/t11-/m1/s1. The number of hydrogen-bond donors (Lipinski definition) is 2. The zero-order chi connectivity index (χ0) is 24.1. The van der Waals surface area contributed by atoms with Crippen molar-refractivity contribution in [2.45, 2.75) is 31.6 Å². The van der Waals surface area contributed by atoms with Gasteiger partial charge in [0, 0.05) is 6.54 Å². The summed E-state index contributed by atoms with van der Waals surface area (Å²) in [7, 11) is 0. The van der Waals surface area contributed by atoms with Crippen LogP contribution in [0.2, 0.25) is 20.1 Å². The average Bonchev–Trinajstić information content (AvgIpc) is 3.19. The summed E-state index contributed by atoms with van der Waals surface area (Å²) < 4.78 is 1.83. The van der Waals surface area contributed by atoms with Crippen molar-refractivity contribution < 1.29 is 9.59 Å². The topological polar surface area (TPSA) is 88.9 Å². The van der Waals surface area contributed by atoms with Crippen LogP contribution < -0.4 is 10.6 Å². The summed E-state index contributed by atoms with van der Waals surface area (Å²) in [6.45, 7) is 4.28. The van der Waals surface area contributed by atoms with Gasteiger partial charge in [-0.15, -0.1) is 10.2 Å². The molecule has 1 atom stereocenters. The summed E-state index contributed by atoms with van der Waals surface area (Å²) in [5.41, 5.74) is 0.742. The van der Waals surface area contributed by atoms with E-state index in [4.69, 9.17) is 46.4 Å². The molecule has 3 rings (SSSR count). The van der Waals surface area contributed by atoms with E-state index in [0.29, 0.717) is 38.8 Å². The Morgan fingerprint density at radius 3 is 2.42 bits per heavy atom. The molecular formula is C21H19Cl4N5O2S. The van der Waals surface area contributed by atoms with Gasteiger partial charge in [-0.1, -0.05) is 70.3 Å². The molecule has 12 heteroatoms. The predicted octanol–water partition coefficient (Wildman–Crippen LogP) is 6.13. The van der Waals surface area contributed by atoms with Crippen LogP contribution in [0.4, 0.5) is 5.69 Å². The lowest BCUT2D eigenvalue weighted by atomic mass is 10.2. The zero-order valence-electron chi connectivity index (χ0n) is 17.5. The van der Waals surface area contributed by atoms with Crippen LogP contribution in [0.15, 0.2) is 41.6 Å². The third-order valence-corrected chi connectivity index (χ3v) is 6.86. The normalized spacial score (nSPS) is 11.8. The van der Waals surface area contributed by atoms with Crippen LogP contribution in [0.1, 0.15) is 36.1 Å². The maximum Gasteiger partial charge on any atom is 0.253 e. The maximum atomic E-state index is 12.6. The number of rotatable bonds is 8. The first kappa shape index (κ1) is 25.6. The fraction of sp³-hybridized carbons (Fsp3) is 0.238. The molecule has 7 nitrogen and oxygen atoms in total. The molecule has 0 bridgehead atoms. The second-order valence-electron chi connectivity index (χ2n) is 6.84. The predicted molar refractivity (Wildman–Crippen MR) is 134 cm³/mol. The van der Waals surface area contributed by atoms with Gasteiger partial charge in [-0.3, -0.25) is 9.59 Å². The number of benzene rings is 2. The van der Waals surface area contributed by atoms with E-state index in [9.17, 15) is 9.59 Å². The van der Waals surface area contributed by atoms with Gasteiger partial charge in [-0.25, -0.2) is 0 Å². The summed E-state index contributed by atoms with van der Waals surface area (Å²) in [5.74, 6) is 0.0152. The fourth-order valence-electron chi connectivity index (χ4n) is 2.94. The van der Waals surface area contributed by atoms with Crippen molar-refractivity contribution in [2.24, 2.45) is 0 Å². The molecule has 0 saturated carbocycles. The average molecular weight is 547 g/mol. The highest BCUT2D eigenvalue weighted by Gasteiger charge is 2.21. The summed E-state index contributed by atoms with van der Waals surface area (Å²) in [6.07, 6.45) is 0. The Kier molecular flexibility index (Phi) is 8.89. The van der Waals surface area contributed by atoms with Gasteiger partial charge in [0.1, 0.15) is 0 Å². The summed E-state index contributed by atoms with van der Waals surface area (Å²) >= 11 is 25.3. The van der Waals surface area contributed by atoms with Crippen molar-refractivity contribution >= 4 is 75.7 Å². The smallest absolute Gasteiger partial charge is 0.253 e. The fourth-order valence-corrected chi connectivity index (χ4v) is 4.57. The van der Waals surface area contributed by atoms with Gasteiger partial charge in [0.05, 0.1) is 43.1 Å². The maximum absolute atomic E-state index is 12.6. The Balaban J connectivity index is 1.65. The number of thioether (sulfide) groups is 1. The molecule has 2 N–H and O–H groups in total. The van der Waals surface area contributed by atoms with Crippen molar-refractivity contribution in [1.29, 1.82) is 0 Å². The monoisotopic (exact) mass is 545 g/mol. The molecule has 33 heavy (non-hydrogen) atoms. The van der Waals surface area contributed by atoms with E-state index in [2.05, 4.69) is 20.8 Å². The Hall–Kier alpha value is -1.97. The van der Waals surface area contributed by atoms with Gasteiger partial charge >= 0.3 is 0 Å². The molecule has 1 heterocycles. The third kappa shape index (κ3) is 6.33. The molecule has 0 spiro atoms. The molecule has 2 amide bonds. The van der Waals surface area contributed by atoms with E-state index < -0.39 is 6.04 Å². The quantitative estimate of drug-likeness (QED) is 0.262. The first-order chi connectivity index (χ1) is 15.7. The van der Waals surface area contributed by atoms with Crippen molar-refractivity contribution in [3.8, 4) is 0 Å². The Morgan fingerprint density at radius 2 is 1.73 bits per heavy atom. The van der Waals surface area contributed by atoms with Gasteiger partial charge < -0.3 is 15.2 Å². The van der Waals surface area contributed by atoms with Crippen LogP contribution in [-0.2, 0) is 11.3 Å². The van der Waals surface area contributed by atoms with Gasteiger partial charge in [0.2, 0.25) is 5.91 Å². The molecule has 0 aliphatic heterocycles. The molecule has 0 unspecified atom stereocenters. The molecule has 0 fully saturated rings. The van der Waals surface area contributed by atoms with Crippen molar-refractivity contribution in [1.82, 2.24) is 20.1 Å². The molecule has 0 aliphatic carbocycles. The minimum absolute atomic E-state index is 0.0646. The second-order valence-corrected chi connectivity index (χ2v) is 9.41. The largest absolute Gasteiger partial charge is 0.342 e. The van der Waals surface area contributed by atoms with E-state index in [1.165, 1.54) is 23.9 Å². The van der Waals surface area contributed by atoms with Gasteiger partial charge in [0.15, 0.2) is 11.0 Å². The molecule has 1 aromatic heterocycles. The highest BCUT2D eigenvalue weighted by Crippen LogP contribution is 2.32. The van der Waals surface area contributed by atoms with E-state index in [1.807, 2.05) is 11.5 Å². The minimum atomic E-state index is -0.431. The highest BCUT2D eigenvalue weighted by molar-refractivity contribution is 7.99. The van der Waals surface area contributed by atoms with E-state index in [1.54, 1.807) is 31.2 Å². The highest BCUT2D eigenvalue weighted by atomic mass is 35.5. The summed E-state index contributed by atoms with van der Waals surface area (Å²) in [6, 6.07) is 9.32. The van der Waals surface area contributed by atoms with E-state index >= 15 is 0 Å². The number of aromatic nitrogens is 3. The Morgan fingerprint density at radius 1 is 1.03 bits per heavy atom. The first-order valence-corrected chi connectivity index (χ1v) is 12.3. The SMILES string of the molecule is CCn1c(SCC(=O)Nc2cc(Cl)c(Cl)cc2Cl)nnc1[C@@H](C)NC(=O)c1ccccc1Cl. The summed E-state index contributed by atoms with van der Waals surface area (Å²) in [5, 5.41) is 15.8. The Bertz CT molecular complexity index is 1190. The molecule has 0 aliphatic rings. The Labute approximate surface area is 215 Å². The number of halogens is 4. The van der Waals surface area contributed by atoms with Crippen LogP contribution in [0.3, 0.4) is 0 Å². The number of carbonyl (C=O) groups is 2. The molecule has 2 aromatic carbocycles. The number of nitrogens with one attached hydrogen (secondary N) is 2. The molecule has 0 radical (unpaired) electrons. The number of hydrogen-bond acceptors (Lipinski definition) is 5. The lowest BCUT2D eigenvalue weighted by Crippen LogP contribution is -2.29. The van der Waals surface area contributed by atoms with Gasteiger partial charge in [-0.2, -0.15) is 0 Å². The minimum Gasteiger partial charge on any atom is -0.342 e. The lowest BCUT2D eigenvalue weighted by molar-refractivity contribution is -0.113. The number of nitrogens with zero attached hydrogens (tertiary/aromatic N) is 3. The van der Waals surface area contributed by atoms with Crippen molar-refractivity contribution in [3.05, 3.63) is 67.9 Å². The number of carbonyl (C=O) groups excluding carboxylic acids is 2. The van der Waals surface area contributed by atoms with Crippen LogP contribution >= 0.6 is 58.2 Å². The van der Waals surface area contributed by atoms with Crippen LogP contribution in [0.25, 0.3) is 0 Å². The van der Waals surface area contributed by atoms with E-state index in [-0.39, 0.29) is 27.6 Å². The zero-order valence-corrected chi connectivity index (χ0v) is 21.4. The van der Waals surface area contributed by atoms with Crippen molar-refractivity contribution in [2.75, 3.05) is 11.1 Å². The number of anilines is 1. The van der Waals surface area contributed by atoms with Crippen LogP contribution in [0, 0.1) is 0 Å². The lowest BCUT2D eigenvalue weighted by Gasteiger charge is -2.15.